The summed E-state index contributed by atoms with van der Waals surface area (Å²) in [5.74, 6) is -1.88. The molecular weight excluding hydrogens is 426 g/mol. The van der Waals surface area contributed by atoms with Gasteiger partial charge in [-0.1, -0.05) is 48.5 Å². The number of anilines is 1. The molecule has 0 bridgehead atoms. The van der Waals surface area contributed by atoms with Crippen LogP contribution in [-0.4, -0.2) is 53.4 Å². The van der Waals surface area contributed by atoms with Gasteiger partial charge in [-0.25, -0.2) is 19.6 Å². The van der Waals surface area contributed by atoms with Crippen molar-refractivity contribution in [2.75, 3.05) is 25.6 Å². The predicted octanol–water partition coefficient (Wildman–Crippen LogP) is 3.53. The third-order valence-corrected chi connectivity index (χ3v) is 5.24. The zero-order valence-electron chi connectivity index (χ0n) is 17.7. The fourth-order valence-electron chi connectivity index (χ4n) is 3.72. The van der Waals surface area contributed by atoms with E-state index in [0.29, 0.717) is 5.69 Å². The number of amides is 2. The summed E-state index contributed by atoms with van der Waals surface area (Å²) >= 11 is 0. The van der Waals surface area contributed by atoms with Gasteiger partial charge in [0.1, 0.15) is 12.3 Å². The monoisotopic (exact) mass is 447 g/mol. The number of nitrogens with one attached hydrogen (secondary N) is 1. The number of hydrogen-bond donors (Lipinski definition) is 2. The van der Waals surface area contributed by atoms with Gasteiger partial charge < -0.3 is 9.84 Å². The van der Waals surface area contributed by atoms with Crippen LogP contribution in [0.4, 0.5) is 10.5 Å². The van der Waals surface area contributed by atoms with Crippen molar-refractivity contribution < 1.29 is 29.1 Å². The number of hydroxylamine groups is 2. The van der Waals surface area contributed by atoms with Crippen molar-refractivity contribution in [2.45, 2.75) is 5.92 Å². The smallest absolute Gasteiger partial charge is 0.411 e. The molecule has 0 radical (unpaired) electrons. The average molecular weight is 447 g/mol. The first kappa shape index (κ1) is 22.0. The Morgan fingerprint density at radius 2 is 1.64 bits per heavy atom. The summed E-state index contributed by atoms with van der Waals surface area (Å²) in [6.45, 7) is -0.473. The zero-order chi connectivity index (χ0) is 23.4. The van der Waals surface area contributed by atoms with E-state index in [4.69, 9.17) is 14.7 Å². The Bertz CT molecular complexity index is 1150. The minimum atomic E-state index is -1.20. The van der Waals surface area contributed by atoms with Crippen molar-refractivity contribution in [2.24, 2.45) is 0 Å². The standard InChI is InChI=1S/C24H21N3O6/c1-27(33-14-22(28)29)23(30)21-11-10-15(12-25-21)26-24(31)32-13-20-18-8-4-2-6-16(18)17-7-3-5-9-19(17)20/h2-12,20H,13-14H2,1H3,(H,26,31)(H,28,29). The molecule has 0 spiro atoms. The number of pyridine rings is 1. The van der Waals surface area contributed by atoms with E-state index in [1.807, 2.05) is 36.4 Å². The van der Waals surface area contributed by atoms with Crippen LogP contribution in [0.5, 0.6) is 0 Å². The van der Waals surface area contributed by atoms with Crippen molar-refractivity contribution in [3.63, 3.8) is 0 Å². The highest BCUT2D eigenvalue weighted by Crippen LogP contribution is 2.44. The van der Waals surface area contributed by atoms with Crippen molar-refractivity contribution in [1.29, 1.82) is 0 Å². The lowest BCUT2D eigenvalue weighted by molar-refractivity contribution is -0.159. The molecule has 0 saturated carbocycles. The minimum Gasteiger partial charge on any atom is -0.479 e. The third kappa shape index (κ3) is 4.83. The van der Waals surface area contributed by atoms with E-state index in [1.54, 1.807) is 0 Å². The van der Waals surface area contributed by atoms with E-state index in [0.717, 1.165) is 27.3 Å². The Hall–Kier alpha value is -4.24. The number of carboxylic acid groups (broad SMARTS) is 1. The van der Waals surface area contributed by atoms with Crippen LogP contribution in [0.25, 0.3) is 11.1 Å². The van der Waals surface area contributed by atoms with Gasteiger partial charge in [-0.3, -0.25) is 14.9 Å². The normalized spacial score (nSPS) is 11.9. The maximum absolute atomic E-state index is 12.4. The molecule has 0 unspecified atom stereocenters. The zero-order valence-corrected chi connectivity index (χ0v) is 17.7. The highest BCUT2D eigenvalue weighted by Gasteiger charge is 2.29. The first-order chi connectivity index (χ1) is 15.9. The topological polar surface area (TPSA) is 118 Å². The molecule has 2 N–H and O–H groups in total. The maximum atomic E-state index is 12.4. The molecule has 0 aliphatic heterocycles. The summed E-state index contributed by atoms with van der Waals surface area (Å²) in [5, 5.41) is 12.0. The van der Waals surface area contributed by atoms with Crippen LogP contribution in [0, 0.1) is 0 Å². The van der Waals surface area contributed by atoms with Crippen molar-refractivity contribution in [3.8, 4) is 11.1 Å². The molecular formula is C24H21N3O6. The minimum absolute atomic E-state index is 0.0287. The Balaban J connectivity index is 1.35. The molecule has 4 rings (SSSR count). The molecule has 1 aliphatic carbocycles. The van der Waals surface area contributed by atoms with Crippen LogP contribution >= 0.6 is 0 Å². The molecule has 0 saturated heterocycles. The lowest BCUT2D eigenvalue weighted by Crippen LogP contribution is -2.30. The van der Waals surface area contributed by atoms with Gasteiger partial charge in [0.2, 0.25) is 0 Å². The van der Waals surface area contributed by atoms with Crippen molar-refractivity contribution >= 4 is 23.7 Å². The molecule has 1 aliphatic rings. The fourth-order valence-corrected chi connectivity index (χ4v) is 3.72. The van der Waals surface area contributed by atoms with Gasteiger partial charge in [0.15, 0.2) is 6.61 Å². The van der Waals surface area contributed by atoms with Gasteiger partial charge in [0, 0.05) is 13.0 Å². The quantitative estimate of drug-likeness (QED) is 0.532. The number of ether oxygens (including phenoxy) is 1. The van der Waals surface area contributed by atoms with E-state index in [9.17, 15) is 14.4 Å². The van der Waals surface area contributed by atoms with E-state index >= 15 is 0 Å². The van der Waals surface area contributed by atoms with E-state index in [2.05, 4.69) is 22.4 Å². The molecule has 1 aromatic heterocycles. The number of carbonyl (C=O) groups is 3. The molecule has 9 nitrogen and oxygen atoms in total. The number of carboxylic acids is 1. The van der Waals surface area contributed by atoms with Gasteiger partial charge in [-0.05, 0) is 34.4 Å². The summed E-state index contributed by atoms with van der Waals surface area (Å²) in [6.07, 6.45) is 0.666. The Morgan fingerprint density at radius 3 is 2.21 bits per heavy atom. The van der Waals surface area contributed by atoms with Crippen LogP contribution in [0.15, 0.2) is 66.9 Å². The lowest BCUT2D eigenvalue weighted by atomic mass is 9.98. The first-order valence-electron chi connectivity index (χ1n) is 10.1. The van der Waals surface area contributed by atoms with Crippen LogP contribution in [0.2, 0.25) is 0 Å². The molecule has 2 aromatic carbocycles. The van der Waals surface area contributed by atoms with Gasteiger partial charge in [-0.2, -0.15) is 0 Å². The SMILES string of the molecule is CN(OCC(=O)O)C(=O)c1ccc(NC(=O)OCC2c3ccccc3-c3ccccc32)cn1. The highest BCUT2D eigenvalue weighted by atomic mass is 16.7. The van der Waals surface area contributed by atoms with Crippen LogP contribution < -0.4 is 5.32 Å². The van der Waals surface area contributed by atoms with Gasteiger partial charge in [0.25, 0.3) is 5.91 Å². The second-order valence-corrected chi connectivity index (χ2v) is 7.35. The fraction of sp³-hybridized carbons (Fsp3) is 0.167. The number of benzene rings is 2. The number of rotatable bonds is 7. The van der Waals surface area contributed by atoms with Crippen molar-refractivity contribution in [3.05, 3.63) is 83.7 Å². The summed E-state index contributed by atoms with van der Waals surface area (Å²) in [5.41, 5.74) is 4.89. The highest BCUT2D eigenvalue weighted by molar-refractivity contribution is 5.92. The Kier molecular flexibility index (Phi) is 6.32. The number of aromatic nitrogens is 1. The Labute approximate surface area is 189 Å². The maximum Gasteiger partial charge on any atom is 0.411 e. The molecule has 3 aromatic rings. The van der Waals surface area contributed by atoms with E-state index in [1.165, 1.54) is 25.4 Å². The number of carbonyl (C=O) groups excluding carboxylic acids is 2. The van der Waals surface area contributed by atoms with E-state index < -0.39 is 24.6 Å². The summed E-state index contributed by atoms with van der Waals surface area (Å²) in [7, 11) is 1.29. The lowest BCUT2D eigenvalue weighted by Gasteiger charge is -2.15. The van der Waals surface area contributed by atoms with Crippen LogP contribution in [0.1, 0.15) is 27.5 Å². The van der Waals surface area contributed by atoms with Crippen LogP contribution in [-0.2, 0) is 14.4 Å². The summed E-state index contributed by atoms with van der Waals surface area (Å²) in [4.78, 5) is 43.9. The largest absolute Gasteiger partial charge is 0.479 e. The number of hydrogen-bond acceptors (Lipinski definition) is 6. The predicted molar refractivity (Wildman–Crippen MR) is 119 cm³/mol. The average Bonchev–Trinajstić information content (AvgIpc) is 3.15. The van der Waals surface area contributed by atoms with E-state index in [-0.39, 0.29) is 18.2 Å². The molecule has 168 valence electrons. The number of aliphatic carboxylic acids is 1. The van der Waals surface area contributed by atoms with Crippen LogP contribution in [0.3, 0.4) is 0 Å². The summed E-state index contributed by atoms with van der Waals surface area (Å²) < 4.78 is 5.49. The van der Waals surface area contributed by atoms with Gasteiger partial charge >= 0.3 is 12.1 Å². The first-order valence-corrected chi connectivity index (χ1v) is 10.1. The van der Waals surface area contributed by atoms with Gasteiger partial charge in [-0.15, -0.1) is 0 Å². The molecule has 2 amide bonds. The number of fused-ring (bicyclic) bond motifs is 3. The second-order valence-electron chi connectivity index (χ2n) is 7.35. The third-order valence-electron chi connectivity index (χ3n) is 5.24. The summed E-state index contributed by atoms with van der Waals surface area (Å²) in [6, 6.07) is 19.0. The molecule has 1 heterocycles. The molecule has 0 atom stereocenters. The second kappa shape index (κ2) is 9.49. The molecule has 9 heteroatoms. The van der Waals surface area contributed by atoms with Crippen molar-refractivity contribution in [1.82, 2.24) is 10.0 Å². The molecule has 0 fully saturated rings. The molecule has 33 heavy (non-hydrogen) atoms. The van der Waals surface area contributed by atoms with Gasteiger partial charge in [0.05, 0.1) is 11.9 Å². The number of nitrogens with zero attached hydrogens (tertiary/aromatic N) is 2. The Morgan fingerprint density at radius 1 is 1.00 bits per heavy atom.